The number of aliphatic hydroxyl groups is 2. The third-order valence-electron chi connectivity index (χ3n) is 4.07. The number of thioether (sulfide) groups is 1. The minimum atomic E-state index is -0.987. The molecule has 24 heavy (non-hydrogen) atoms. The molecule has 1 fully saturated rings. The summed E-state index contributed by atoms with van der Waals surface area (Å²) >= 11 is 1.50. The molecule has 0 unspecified atom stereocenters. The van der Waals surface area contributed by atoms with E-state index in [9.17, 15) is 10.2 Å². The molecule has 0 radical (unpaired) electrons. The lowest BCUT2D eigenvalue weighted by Crippen LogP contribution is -2.56. The summed E-state index contributed by atoms with van der Waals surface area (Å²) in [5, 5.41) is 20.6. The minimum Gasteiger partial charge on any atom is -0.388 e. The number of aliphatic hydroxyl groups excluding tert-OH is 2. The average molecular weight is 346 g/mol. The molecule has 4 nitrogen and oxygen atoms in total. The summed E-state index contributed by atoms with van der Waals surface area (Å²) < 4.78 is 11.8. The maximum Gasteiger partial charge on any atom is 0.136 e. The fourth-order valence-corrected chi connectivity index (χ4v) is 3.86. The Morgan fingerprint density at radius 1 is 0.958 bits per heavy atom. The lowest BCUT2D eigenvalue weighted by Gasteiger charge is -2.41. The Balaban J connectivity index is 1.72. The summed E-state index contributed by atoms with van der Waals surface area (Å²) in [6, 6.07) is 19.6. The largest absolute Gasteiger partial charge is 0.388 e. The molecule has 1 aliphatic rings. The van der Waals surface area contributed by atoms with Gasteiger partial charge in [-0.25, -0.2) is 0 Å². The highest BCUT2D eigenvalue weighted by Crippen LogP contribution is 2.35. The molecule has 0 saturated carbocycles. The first kappa shape index (κ1) is 17.5. The van der Waals surface area contributed by atoms with E-state index in [2.05, 4.69) is 0 Å². The molecule has 2 aromatic carbocycles. The Morgan fingerprint density at radius 3 is 2.25 bits per heavy atom. The van der Waals surface area contributed by atoms with Gasteiger partial charge in [-0.3, -0.25) is 0 Å². The number of ether oxygens (including phenoxy) is 2. The smallest absolute Gasteiger partial charge is 0.136 e. The maximum atomic E-state index is 10.5. The summed E-state index contributed by atoms with van der Waals surface area (Å²) in [5.41, 5.74) is 0.630. The molecule has 0 bridgehead atoms. The SMILES string of the molecule is C[C@@H]1O[C@H](Sc2ccccc2)[C@@H](OCc2ccccc2)[C@H](O)[C@@H]1O. The second-order valence-corrected chi connectivity index (χ2v) is 7.05. The van der Waals surface area contributed by atoms with Gasteiger partial charge in [0, 0.05) is 4.90 Å². The van der Waals surface area contributed by atoms with Gasteiger partial charge in [0.1, 0.15) is 23.7 Å². The van der Waals surface area contributed by atoms with Gasteiger partial charge in [-0.15, -0.1) is 0 Å². The Hall–Kier alpha value is -1.37. The van der Waals surface area contributed by atoms with Gasteiger partial charge < -0.3 is 19.7 Å². The molecule has 0 spiro atoms. The van der Waals surface area contributed by atoms with Gasteiger partial charge >= 0.3 is 0 Å². The van der Waals surface area contributed by atoms with E-state index in [0.717, 1.165) is 10.5 Å². The van der Waals surface area contributed by atoms with Crippen molar-refractivity contribution in [1.82, 2.24) is 0 Å². The van der Waals surface area contributed by atoms with Crippen molar-refractivity contribution in [3.63, 3.8) is 0 Å². The highest BCUT2D eigenvalue weighted by molar-refractivity contribution is 7.99. The molecule has 5 heteroatoms. The van der Waals surface area contributed by atoms with Crippen LogP contribution in [0.1, 0.15) is 12.5 Å². The standard InChI is InChI=1S/C19H22O4S/c1-13-16(20)17(21)18(22-12-14-8-4-2-5-9-14)19(23-13)24-15-10-6-3-7-11-15/h2-11,13,16-21H,12H2,1H3/t13-,16+,17+,18-,19+/m0/s1. The van der Waals surface area contributed by atoms with E-state index >= 15 is 0 Å². The summed E-state index contributed by atoms with van der Waals surface area (Å²) in [4.78, 5) is 1.03. The predicted molar refractivity (Wildman–Crippen MR) is 93.7 cm³/mol. The average Bonchev–Trinajstić information content (AvgIpc) is 2.61. The van der Waals surface area contributed by atoms with Crippen LogP contribution in [-0.2, 0) is 16.1 Å². The number of benzene rings is 2. The third-order valence-corrected chi connectivity index (χ3v) is 5.22. The summed E-state index contributed by atoms with van der Waals surface area (Å²) in [5.74, 6) is 0. The second-order valence-electron chi connectivity index (χ2n) is 5.88. The van der Waals surface area contributed by atoms with Crippen molar-refractivity contribution in [3.8, 4) is 0 Å². The van der Waals surface area contributed by atoms with Crippen LogP contribution in [0.5, 0.6) is 0 Å². The molecular weight excluding hydrogens is 324 g/mol. The van der Waals surface area contributed by atoms with Gasteiger partial charge in [0.25, 0.3) is 0 Å². The molecule has 128 valence electrons. The first-order valence-corrected chi connectivity index (χ1v) is 8.92. The Bertz CT molecular complexity index is 622. The lowest BCUT2D eigenvalue weighted by molar-refractivity contribution is -0.210. The van der Waals surface area contributed by atoms with Crippen LogP contribution >= 0.6 is 11.8 Å². The van der Waals surface area contributed by atoms with Gasteiger partial charge in [-0.1, -0.05) is 60.3 Å². The van der Waals surface area contributed by atoms with Crippen LogP contribution in [0.3, 0.4) is 0 Å². The highest BCUT2D eigenvalue weighted by Gasteiger charge is 2.43. The van der Waals surface area contributed by atoms with Crippen molar-refractivity contribution >= 4 is 11.8 Å². The monoisotopic (exact) mass is 346 g/mol. The zero-order valence-electron chi connectivity index (χ0n) is 13.5. The van der Waals surface area contributed by atoms with Gasteiger partial charge in [0.2, 0.25) is 0 Å². The summed E-state index contributed by atoms with van der Waals surface area (Å²) in [7, 11) is 0. The van der Waals surface area contributed by atoms with Crippen LogP contribution in [0, 0.1) is 0 Å². The van der Waals surface area contributed by atoms with Crippen LogP contribution in [0.2, 0.25) is 0 Å². The molecule has 2 aromatic rings. The predicted octanol–water partition coefficient (Wildman–Crippen LogP) is 2.83. The highest BCUT2D eigenvalue weighted by atomic mass is 32.2. The van der Waals surface area contributed by atoms with Gasteiger partial charge in [-0.2, -0.15) is 0 Å². The summed E-state index contributed by atoms with van der Waals surface area (Å²) in [6.45, 7) is 2.12. The second kappa shape index (κ2) is 8.14. The molecular formula is C19H22O4S. The van der Waals surface area contributed by atoms with E-state index in [1.807, 2.05) is 60.7 Å². The van der Waals surface area contributed by atoms with E-state index in [1.54, 1.807) is 6.92 Å². The van der Waals surface area contributed by atoms with Crippen LogP contribution < -0.4 is 0 Å². The number of hydrogen-bond donors (Lipinski definition) is 2. The zero-order valence-corrected chi connectivity index (χ0v) is 14.3. The topological polar surface area (TPSA) is 58.9 Å². The van der Waals surface area contributed by atoms with Crippen molar-refractivity contribution in [1.29, 1.82) is 0 Å². The Morgan fingerprint density at radius 2 is 1.58 bits per heavy atom. The fraction of sp³-hybridized carbons (Fsp3) is 0.368. The molecule has 0 aromatic heterocycles. The van der Waals surface area contributed by atoms with Crippen LogP contribution in [0.4, 0.5) is 0 Å². The number of hydrogen-bond acceptors (Lipinski definition) is 5. The molecule has 1 saturated heterocycles. The fourth-order valence-electron chi connectivity index (χ4n) is 2.67. The number of rotatable bonds is 5. The van der Waals surface area contributed by atoms with Gasteiger partial charge in [0.15, 0.2) is 0 Å². The van der Waals surface area contributed by atoms with Crippen molar-refractivity contribution in [2.24, 2.45) is 0 Å². The molecule has 3 rings (SSSR count). The van der Waals surface area contributed by atoms with Crippen molar-refractivity contribution in [3.05, 3.63) is 66.2 Å². The van der Waals surface area contributed by atoms with Crippen LogP contribution in [0.15, 0.2) is 65.6 Å². The minimum absolute atomic E-state index is 0.360. The van der Waals surface area contributed by atoms with E-state index < -0.39 is 24.4 Å². The van der Waals surface area contributed by atoms with E-state index in [0.29, 0.717) is 6.61 Å². The Kier molecular flexibility index (Phi) is 5.92. The maximum absolute atomic E-state index is 10.5. The summed E-state index contributed by atoms with van der Waals surface area (Å²) in [6.07, 6.45) is -3.00. The first-order chi connectivity index (χ1) is 11.6. The molecule has 0 amide bonds. The van der Waals surface area contributed by atoms with E-state index in [1.165, 1.54) is 11.8 Å². The lowest BCUT2D eigenvalue weighted by atomic mass is 10.0. The molecule has 0 aliphatic carbocycles. The first-order valence-electron chi connectivity index (χ1n) is 8.04. The Labute approximate surface area is 146 Å². The quantitative estimate of drug-likeness (QED) is 0.872. The van der Waals surface area contributed by atoms with Crippen LogP contribution in [0.25, 0.3) is 0 Å². The van der Waals surface area contributed by atoms with Crippen molar-refractivity contribution in [2.75, 3.05) is 0 Å². The van der Waals surface area contributed by atoms with Crippen molar-refractivity contribution in [2.45, 2.75) is 48.3 Å². The normalized spacial score (nSPS) is 30.2. The van der Waals surface area contributed by atoms with Gasteiger partial charge in [-0.05, 0) is 24.6 Å². The molecule has 1 aliphatic heterocycles. The zero-order chi connectivity index (χ0) is 16.9. The van der Waals surface area contributed by atoms with E-state index in [-0.39, 0.29) is 5.44 Å². The third kappa shape index (κ3) is 4.18. The van der Waals surface area contributed by atoms with Crippen LogP contribution in [-0.4, -0.2) is 40.1 Å². The molecule has 5 atom stereocenters. The van der Waals surface area contributed by atoms with Crippen molar-refractivity contribution < 1.29 is 19.7 Å². The molecule has 1 heterocycles. The van der Waals surface area contributed by atoms with Gasteiger partial charge in [0.05, 0.1) is 12.7 Å². The molecule has 2 N–H and O–H groups in total. The van der Waals surface area contributed by atoms with E-state index in [4.69, 9.17) is 9.47 Å².